The van der Waals surface area contributed by atoms with Crippen LogP contribution in [0.4, 0.5) is 5.69 Å². The van der Waals surface area contributed by atoms with Crippen molar-refractivity contribution in [2.45, 2.75) is 44.9 Å². The molecule has 2 atom stereocenters. The van der Waals surface area contributed by atoms with E-state index < -0.39 is 5.97 Å². The molecule has 2 aliphatic carbocycles. The first-order valence-electron chi connectivity index (χ1n) is 8.25. The summed E-state index contributed by atoms with van der Waals surface area (Å²) < 4.78 is 0. The van der Waals surface area contributed by atoms with Gasteiger partial charge in [-0.05, 0) is 36.0 Å². The van der Waals surface area contributed by atoms with Crippen LogP contribution in [0.15, 0.2) is 24.3 Å². The molecule has 4 nitrogen and oxygen atoms in total. The summed E-state index contributed by atoms with van der Waals surface area (Å²) >= 11 is 0. The minimum Gasteiger partial charge on any atom is -0.481 e. The van der Waals surface area contributed by atoms with E-state index in [2.05, 4.69) is 5.32 Å². The Hall–Kier alpha value is -1.84. The number of anilines is 1. The minimum absolute atomic E-state index is 0.0145. The molecule has 0 aliphatic heterocycles. The molecule has 2 unspecified atom stereocenters. The van der Waals surface area contributed by atoms with Crippen LogP contribution >= 0.6 is 0 Å². The minimum atomic E-state index is -0.843. The van der Waals surface area contributed by atoms with Crippen molar-refractivity contribution in [3.63, 3.8) is 0 Å². The second-order valence-corrected chi connectivity index (χ2v) is 6.66. The summed E-state index contributed by atoms with van der Waals surface area (Å²) in [5.41, 5.74) is 1.51. The van der Waals surface area contributed by atoms with Crippen molar-refractivity contribution in [3.8, 4) is 0 Å². The Morgan fingerprint density at radius 1 is 1.09 bits per heavy atom. The van der Waals surface area contributed by atoms with Gasteiger partial charge < -0.3 is 10.4 Å². The van der Waals surface area contributed by atoms with Crippen molar-refractivity contribution in [1.82, 2.24) is 0 Å². The molecule has 0 aromatic heterocycles. The molecule has 1 aromatic carbocycles. The summed E-state index contributed by atoms with van der Waals surface area (Å²) in [6, 6.07) is 7.09. The summed E-state index contributed by atoms with van der Waals surface area (Å²) in [6.07, 6.45) is 7.62. The summed E-state index contributed by atoms with van der Waals surface area (Å²) in [7, 11) is 0. The van der Waals surface area contributed by atoms with Gasteiger partial charge >= 0.3 is 5.97 Å². The number of carboxylic acids is 1. The summed E-state index contributed by atoms with van der Waals surface area (Å²) in [5.74, 6) is 0.808. The molecule has 2 saturated carbocycles. The third-order valence-electron chi connectivity index (χ3n) is 5.01. The van der Waals surface area contributed by atoms with Gasteiger partial charge in [-0.25, -0.2) is 0 Å². The molecule has 2 aliphatic rings. The molecule has 1 amide bonds. The Morgan fingerprint density at radius 3 is 2.41 bits per heavy atom. The van der Waals surface area contributed by atoms with Gasteiger partial charge in [-0.1, -0.05) is 44.2 Å². The highest BCUT2D eigenvalue weighted by atomic mass is 16.4. The topological polar surface area (TPSA) is 66.4 Å². The number of carboxylic acid groups (broad SMARTS) is 1. The Balaban J connectivity index is 1.51. The van der Waals surface area contributed by atoms with E-state index in [1.807, 2.05) is 0 Å². The predicted molar refractivity (Wildman–Crippen MR) is 84.6 cm³/mol. The predicted octanol–water partition coefficient (Wildman–Crippen LogP) is 3.47. The summed E-state index contributed by atoms with van der Waals surface area (Å²) in [6.45, 7) is 0. The molecular formula is C18H23NO3. The first-order valence-corrected chi connectivity index (χ1v) is 8.25. The number of hydrogen-bond donors (Lipinski definition) is 2. The van der Waals surface area contributed by atoms with Gasteiger partial charge in [-0.3, -0.25) is 9.59 Å². The second-order valence-electron chi connectivity index (χ2n) is 6.66. The highest BCUT2D eigenvalue weighted by Gasteiger charge is 2.47. The number of rotatable bonds is 5. The van der Waals surface area contributed by atoms with Crippen LogP contribution in [0.1, 0.15) is 44.1 Å². The maximum absolute atomic E-state index is 12.3. The number of hydrogen-bond acceptors (Lipinski definition) is 2. The van der Waals surface area contributed by atoms with Crippen LogP contribution in [0.3, 0.4) is 0 Å². The number of carbonyl (C=O) groups excluding carboxylic acids is 1. The fourth-order valence-electron chi connectivity index (χ4n) is 3.71. The van der Waals surface area contributed by atoms with Crippen molar-refractivity contribution in [3.05, 3.63) is 29.8 Å². The van der Waals surface area contributed by atoms with E-state index in [4.69, 9.17) is 5.11 Å². The largest absolute Gasteiger partial charge is 0.481 e. The molecule has 0 heterocycles. The SMILES string of the molecule is O=C(O)Cc1ccc(NC(=O)C2CC2C2CCCCC2)cc1. The fraction of sp³-hybridized carbons (Fsp3) is 0.556. The lowest BCUT2D eigenvalue weighted by Crippen LogP contribution is -2.18. The van der Waals surface area contributed by atoms with Crippen LogP contribution in [0.2, 0.25) is 0 Å². The number of aliphatic carboxylic acids is 1. The van der Waals surface area contributed by atoms with Gasteiger partial charge in [-0.15, -0.1) is 0 Å². The molecule has 0 bridgehead atoms. The number of nitrogens with one attached hydrogen (secondary N) is 1. The van der Waals surface area contributed by atoms with Gasteiger partial charge in [0.15, 0.2) is 0 Å². The smallest absolute Gasteiger partial charge is 0.307 e. The number of benzene rings is 1. The third kappa shape index (κ3) is 3.67. The molecule has 2 fully saturated rings. The van der Waals surface area contributed by atoms with Crippen LogP contribution < -0.4 is 5.32 Å². The highest BCUT2D eigenvalue weighted by molar-refractivity contribution is 5.94. The molecule has 2 N–H and O–H groups in total. The Morgan fingerprint density at radius 2 is 1.77 bits per heavy atom. The van der Waals surface area contributed by atoms with Crippen molar-refractivity contribution in [1.29, 1.82) is 0 Å². The molecule has 0 radical (unpaired) electrons. The molecule has 22 heavy (non-hydrogen) atoms. The highest BCUT2D eigenvalue weighted by Crippen LogP contribution is 2.49. The Bertz CT molecular complexity index is 546. The maximum atomic E-state index is 12.3. The van der Waals surface area contributed by atoms with Gasteiger partial charge in [0, 0.05) is 11.6 Å². The second kappa shape index (κ2) is 6.51. The van der Waals surface area contributed by atoms with E-state index in [0.29, 0.717) is 5.92 Å². The lowest BCUT2D eigenvalue weighted by Gasteiger charge is -2.21. The average Bonchev–Trinajstić information content (AvgIpc) is 3.30. The third-order valence-corrected chi connectivity index (χ3v) is 5.01. The van der Waals surface area contributed by atoms with Gasteiger partial charge in [0.05, 0.1) is 6.42 Å². The lowest BCUT2D eigenvalue weighted by atomic mass is 9.85. The van der Waals surface area contributed by atoms with E-state index in [0.717, 1.165) is 23.6 Å². The zero-order valence-corrected chi connectivity index (χ0v) is 12.8. The number of amides is 1. The van der Waals surface area contributed by atoms with Crippen molar-refractivity contribution in [2.75, 3.05) is 5.32 Å². The molecule has 1 aromatic rings. The molecule has 0 saturated heterocycles. The van der Waals surface area contributed by atoms with E-state index in [-0.39, 0.29) is 18.2 Å². The standard InChI is InChI=1S/C18H23NO3/c20-17(21)10-12-6-8-14(9-7-12)19-18(22)16-11-15(16)13-4-2-1-3-5-13/h6-9,13,15-16H,1-5,10-11H2,(H,19,22)(H,20,21). The van der Waals surface area contributed by atoms with E-state index in [9.17, 15) is 9.59 Å². The Labute approximate surface area is 130 Å². The Kier molecular flexibility index (Phi) is 4.46. The van der Waals surface area contributed by atoms with Crippen LogP contribution in [0, 0.1) is 17.8 Å². The zero-order chi connectivity index (χ0) is 15.5. The lowest BCUT2D eigenvalue weighted by molar-refractivity contribution is -0.136. The first kappa shape index (κ1) is 15.1. The summed E-state index contributed by atoms with van der Waals surface area (Å²) in [5, 5.41) is 11.7. The van der Waals surface area contributed by atoms with Crippen LogP contribution in [0.5, 0.6) is 0 Å². The summed E-state index contributed by atoms with van der Waals surface area (Å²) in [4.78, 5) is 22.9. The zero-order valence-electron chi connectivity index (χ0n) is 12.8. The van der Waals surface area contributed by atoms with Crippen molar-refractivity contribution in [2.24, 2.45) is 17.8 Å². The van der Waals surface area contributed by atoms with Gasteiger partial charge in [-0.2, -0.15) is 0 Å². The van der Waals surface area contributed by atoms with E-state index >= 15 is 0 Å². The maximum Gasteiger partial charge on any atom is 0.307 e. The molecular weight excluding hydrogens is 278 g/mol. The first-order chi connectivity index (χ1) is 10.6. The fourth-order valence-corrected chi connectivity index (χ4v) is 3.71. The van der Waals surface area contributed by atoms with Gasteiger partial charge in [0.1, 0.15) is 0 Å². The molecule has 3 rings (SSSR count). The molecule has 118 valence electrons. The van der Waals surface area contributed by atoms with Crippen LogP contribution in [-0.4, -0.2) is 17.0 Å². The molecule has 4 heteroatoms. The van der Waals surface area contributed by atoms with E-state index in [1.165, 1.54) is 32.1 Å². The number of carbonyl (C=O) groups is 2. The van der Waals surface area contributed by atoms with Crippen LogP contribution in [-0.2, 0) is 16.0 Å². The quantitative estimate of drug-likeness (QED) is 0.875. The van der Waals surface area contributed by atoms with Crippen molar-refractivity contribution < 1.29 is 14.7 Å². The van der Waals surface area contributed by atoms with Crippen molar-refractivity contribution >= 4 is 17.6 Å². The molecule has 0 spiro atoms. The van der Waals surface area contributed by atoms with Gasteiger partial charge in [0.25, 0.3) is 0 Å². The monoisotopic (exact) mass is 301 g/mol. The van der Waals surface area contributed by atoms with E-state index in [1.54, 1.807) is 24.3 Å². The van der Waals surface area contributed by atoms with Gasteiger partial charge in [0.2, 0.25) is 5.91 Å². The average molecular weight is 301 g/mol. The normalized spacial score (nSPS) is 24.7. The van der Waals surface area contributed by atoms with Crippen LogP contribution in [0.25, 0.3) is 0 Å².